The molecule has 1 aliphatic rings. The Balaban J connectivity index is 2.09. The average Bonchev–Trinajstić information content (AvgIpc) is 2.70. The van der Waals surface area contributed by atoms with Crippen LogP contribution in [0.2, 0.25) is 0 Å². The molecular weight excluding hydrogens is 310 g/mol. The van der Waals surface area contributed by atoms with Gasteiger partial charge in [-0.25, -0.2) is 9.78 Å². The number of amides is 1. The molecule has 1 heterocycles. The maximum Gasteiger partial charge on any atom is 0.407 e. The number of nitrogens with one attached hydrogen (secondary N) is 1. The highest BCUT2D eigenvalue weighted by Gasteiger charge is 2.47. The van der Waals surface area contributed by atoms with Crippen molar-refractivity contribution in [2.45, 2.75) is 24.8 Å². The molecule has 5 nitrogen and oxygen atoms in total. The van der Waals surface area contributed by atoms with E-state index in [0.717, 1.165) is 40.6 Å². The first kappa shape index (κ1) is 12.5. The predicted molar refractivity (Wildman–Crippen MR) is 75.1 cm³/mol. The third-order valence-electron chi connectivity index (χ3n) is 3.99. The van der Waals surface area contributed by atoms with Crippen molar-refractivity contribution in [1.82, 2.24) is 14.9 Å². The molecular formula is C13H14BrN3O2. The van der Waals surface area contributed by atoms with E-state index < -0.39 is 11.6 Å². The van der Waals surface area contributed by atoms with E-state index in [4.69, 9.17) is 0 Å². The zero-order chi connectivity index (χ0) is 13.6. The number of benzene rings is 1. The minimum atomic E-state index is -0.915. The Kier molecular flexibility index (Phi) is 2.78. The molecule has 0 radical (unpaired) electrons. The van der Waals surface area contributed by atoms with E-state index >= 15 is 0 Å². The number of imidazole rings is 1. The first-order chi connectivity index (χ1) is 9.03. The van der Waals surface area contributed by atoms with Crippen molar-refractivity contribution in [2.24, 2.45) is 0 Å². The number of rotatable bonds is 2. The summed E-state index contributed by atoms with van der Waals surface area (Å²) < 4.78 is 0.976. The fraction of sp³-hybridized carbons (Fsp3) is 0.385. The summed E-state index contributed by atoms with van der Waals surface area (Å²) in [5.41, 5.74) is 1.30. The first-order valence-corrected chi connectivity index (χ1v) is 6.95. The van der Waals surface area contributed by atoms with Gasteiger partial charge in [0.15, 0.2) is 0 Å². The molecule has 0 unspecified atom stereocenters. The molecule has 0 spiro atoms. The van der Waals surface area contributed by atoms with Crippen LogP contribution < -0.4 is 0 Å². The molecule has 0 aliphatic heterocycles. The Hall–Kier alpha value is -1.56. The molecule has 0 atom stereocenters. The highest BCUT2D eigenvalue weighted by Crippen LogP contribution is 2.45. The second-order valence-corrected chi connectivity index (χ2v) is 5.89. The normalized spacial score (nSPS) is 17.2. The highest BCUT2D eigenvalue weighted by atomic mass is 79.9. The van der Waals surface area contributed by atoms with Crippen LogP contribution in [0.4, 0.5) is 4.79 Å². The Morgan fingerprint density at radius 2 is 2.26 bits per heavy atom. The van der Waals surface area contributed by atoms with Crippen LogP contribution in [0.1, 0.15) is 25.1 Å². The van der Waals surface area contributed by atoms with E-state index in [0.29, 0.717) is 0 Å². The lowest BCUT2D eigenvalue weighted by Crippen LogP contribution is -2.52. The van der Waals surface area contributed by atoms with E-state index in [1.807, 2.05) is 18.2 Å². The van der Waals surface area contributed by atoms with Gasteiger partial charge in [0, 0.05) is 11.5 Å². The Bertz CT molecular complexity index is 648. The number of carboxylic acid groups (broad SMARTS) is 1. The first-order valence-electron chi connectivity index (χ1n) is 6.15. The highest BCUT2D eigenvalue weighted by molar-refractivity contribution is 9.10. The van der Waals surface area contributed by atoms with Crippen LogP contribution in [0.25, 0.3) is 11.0 Å². The third-order valence-corrected chi connectivity index (χ3v) is 4.49. The summed E-state index contributed by atoms with van der Waals surface area (Å²) in [6.45, 7) is 0. The maximum absolute atomic E-state index is 11.3. The molecule has 1 amide bonds. The van der Waals surface area contributed by atoms with E-state index in [1.165, 1.54) is 4.90 Å². The summed E-state index contributed by atoms with van der Waals surface area (Å²) in [6.07, 6.45) is 1.74. The second kappa shape index (κ2) is 4.23. The van der Waals surface area contributed by atoms with Crippen LogP contribution in [0, 0.1) is 0 Å². The van der Waals surface area contributed by atoms with Crippen molar-refractivity contribution in [3.05, 3.63) is 28.5 Å². The molecule has 1 aromatic carbocycles. The zero-order valence-electron chi connectivity index (χ0n) is 10.5. The fourth-order valence-electron chi connectivity index (χ4n) is 2.63. The molecule has 1 fully saturated rings. The average molecular weight is 324 g/mol. The van der Waals surface area contributed by atoms with E-state index in [-0.39, 0.29) is 0 Å². The van der Waals surface area contributed by atoms with Gasteiger partial charge < -0.3 is 10.1 Å². The minimum Gasteiger partial charge on any atom is -0.465 e. The number of nitrogens with zero attached hydrogens (tertiary/aromatic N) is 2. The van der Waals surface area contributed by atoms with Gasteiger partial charge in [-0.1, -0.05) is 15.9 Å². The molecule has 3 rings (SSSR count). The number of aromatic nitrogens is 2. The van der Waals surface area contributed by atoms with Gasteiger partial charge in [0.2, 0.25) is 0 Å². The van der Waals surface area contributed by atoms with Crippen molar-refractivity contribution in [1.29, 1.82) is 0 Å². The minimum absolute atomic E-state index is 0.489. The SMILES string of the molecule is CN(C(=O)O)C1(c2nc3ccc(Br)cc3[nH]2)CCC1. The molecule has 2 N–H and O–H groups in total. The lowest BCUT2D eigenvalue weighted by molar-refractivity contribution is 0.0319. The standard InChI is InChI=1S/C13H14BrN3O2/c1-17(12(18)19)13(5-2-6-13)11-15-9-4-3-8(14)7-10(9)16-11/h3-4,7H,2,5-6H2,1H3,(H,15,16)(H,18,19). The predicted octanol–water partition coefficient (Wildman–Crippen LogP) is 3.31. The third kappa shape index (κ3) is 1.82. The van der Waals surface area contributed by atoms with Crippen LogP contribution in [-0.4, -0.2) is 33.1 Å². The topological polar surface area (TPSA) is 69.2 Å². The molecule has 1 saturated carbocycles. The molecule has 1 aliphatic carbocycles. The van der Waals surface area contributed by atoms with E-state index in [9.17, 15) is 9.90 Å². The van der Waals surface area contributed by atoms with Crippen molar-refractivity contribution in [3.8, 4) is 0 Å². The number of carbonyl (C=O) groups is 1. The van der Waals surface area contributed by atoms with Crippen molar-refractivity contribution < 1.29 is 9.90 Å². The van der Waals surface area contributed by atoms with Crippen LogP contribution in [-0.2, 0) is 5.54 Å². The van der Waals surface area contributed by atoms with Gasteiger partial charge in [0.25, 0.3) is 0 Å². The monoisotopic (exact) mass is 323 g/mol. The van der Waals surface area contributed by atoms with E-state index in [1.54, 1.807) is 7.05 Å². The molecule has 6 heteroatoms. The van der Waals surface area contributed by atoms with Crippen LogP contribution in [0.15, 0.2) is 22.7 Å². The largest absolute Gasteiger partial charge is 0.465 e. The van der Waals surface area contributed by atoms with Gasteiger partial charge in [0.05, 0.1) is 11.0 Å². The Morgan fingerprint density at radius 3 is 2.84 bits per heavy atom. The van der Waals surface area contributed by atoms with Crippen LogP contribution in [0.5, 0.6) is 0 Å². The summed E-state index contributed by atoms with van der Waals surface area (Å²) in [6, 6.07) is 5.81. The van der Waals surface area contributed by atoms with Crippen molar-refractivity contribution >= 4 is 33.1 Å². The van der Waals surface area contributed by atoms with Crippen LogP contribution >= 0.6 is 15.9 Å². The zero-order valence-corrected chi connectivity index (χ0v) is 12.1. The molecule has 0 saturated heterocycles. The summed E-state index contributed by atoms with van der Waals surface area (Å²) >= 11 is 3.42. The number of halogens is 1. The lowest BCUT2D eigenvalue weighted by Gasteiger charge is -2.45. The summed E-state index contributed by atoms with van der Waals surface area (Å²) in [5.74, 6) is 0.747. The van der Waals surface area contributed by atoms with Crippen molar-refractivity contribution in [3.63, 3.8) is 0 Å². The second-order valence-electron chi connectivity index (χ2n) is 4.97. The molecule has 2 aromatic rings. The van der Waals surface area contributed by atoms with Gasteiger partial charge in [-0.3, -0.25) is 4.90 Å². The molecule has 100 valence electrons. The fourth-order valence-corrected chi connectivity index (χ4v) is 2.99. The van der Waals surface area contributed by atoms with Gasteiger partial charge in [-0.15, -0.1) is 0 Å². The van der Waals surface area contributed by atoms with Gasteiger partial charge >= 0.3 is 6.09 Å². The van der Waals surface area contributed by atoms with Gasteiger partial charge in [0.1, 0.15) is 11.4 Å². The maximum atomic E-state index is 11.3. The lowest BCUT2D eigenvalue weighted by atomic mass is 9.75. The summed E-state index contributed by atoms with van der Waals surface area (Å²) in [5, 5.41) is 9.24. The Labute approximate surface area is 118 Å². The van der Waals surface area contributed by atoms with E-state index in [2.05, 4.69) is 25.9 Å². The number of fused-ring (bicyclic) bond motifs is 1. The molecule has 1 aromatic heterocycles. The Morgan fingerprint density at radius 1 is 1.53 bits per heavy atom. The van der Waals surface area contributed by atoms with Gasteiger partial charge in [-0.05, 0) is 37.5 Å². The summed E-state index contributed by atoms with van der Waals surface area (Å²) in [4.78, 5) is 20.5. The number of aromatic amines is 1. The molecule has 19 heavy (non-hydrogen) atoms. The quantitative estimate of drug-likeness (QED) is 0.890. The number of hydrogen-bond donors (Lipinski definition) is 2. The molecule has 0 bridgehead atoms. The van der Waals surface area contributed by atoms with Crippen molar-refractivity contribution in [2.75, 3.05) is 7.05 Å². The number of hydrogen-bond acceptors (Lipinski definition) is 2. The summed E-state index contributed by atoms with van der Waals surface area (Å²) in [7, 11) is 1.62. The van der Waals surface area contributed by atoms with Crippen LogP contribution in [0.3, 0.4) is 0 Å². The van der Waals surface area contributed by atoms with Gasteiger partial charge in [-0.2, -0.15) is 0 Å². The smallest absolute Gasteiger partial charge is 0.407 e. The number of H-pyrrole nitrogens is 1.